The highest BCUT2D eigenvalue weighted by Gasteiger charge is 2.79. The number of ether oxygens (including phenoxy) is 2. The molecule has 3 heterocycles. The minimum atomic E-state index is -4.72. The van der Waals surface area contributed by atoms with Crippen molar-refractivity contribution in [3.63, 3.8) is 0 Å². The zero-order chi connectivity index (χ0) is 38.6. The number of phosphoric acid groups is 1. The first-order valence-electron chi connectivity index (χ1n) is 19.4. The maximum absolute atomic E-state index is 13.2. The molecule has 2 aromatic heterocycles. The second-order valence-electron chi connectivity index (χ2n) is 14.6. The third kappa shape index (κ3) is 11.0. The summed E-state index contributed by atoms with van der Waals surface area (Å²) in [5, 5.41) is 35.2. The van der Waals surface area contributed by atoms with Gasteiger partial charge in [-0.25, -0.2) is 14.1 Å². The normalized spacial score (nSPS) is 23.4. The van der Waals surface area contributed by atoms with Crippen molar-refractivity contribution in [1.82, 2.24) is 14.6 Å². The average molecular weight is 785 g/mol. The number of nitriles is 2. The Hall–Kier alpha value is -3.10. The lowest BCUT2D eigenvalue weighted by Gasteiger charge is -2.23. The minimum absolute atomic E-state index is 0.118. The van der Waals surface area contributed by atoms with E-state index in [9.17, 15) is 25.1 Å². The van der Waals surface area contributed by atoms with Crippen LogP contribution in [0, 0.1) is 28.6 Å². The van der Waals surface area contributed by atoms with E-state index in [0.717, 1.165) is 19.3 Å². The largest absolute Gasteiger partial charge is 0.472 e. The van der Waals surface area contributed by atoms with E-state index in [1.807, 2.05) is 6.07 Å². The number of nitrogen functional groups attached to an aromatic ring is 1. The zero-order valence-electron chi connectivity index (χ0n) is 31.2. The number of nitrogens with two attached hydrogens (primary N) is 1. The lowest BCUT2D eigenvalue weighted by atomic mass is 10.0. The van der Waals surface area contributed by atoms with Gasteiger partial charge in [0.25, 0.3) is 0 Å². The molecule has 2 aliphatic rings. The molecule has 5 rings (SSSR count). The first kappa shape index (κ1) is 42.1. The van der Waals surface area contributed by atoms with Crippen LogP contribution in [0.2, 0.25) is 5.02 Å². The molecule has 13 nitrogen and oxygen atoms in total. The number of benzene rings is 1. The minimum Gasteiger partial charge on any atom is -0.389 e. The van der Waals surface area contributed by atoms with Crippen LogP contribution in [-0.4, -0.2) is 55.1 Å². The predicted molar refractivity (Wildman–Crippen MR) is 204 cm³/mol. The van der Waals surface area contributed by atoms with Gasteiger partial charge in [-0.15, -0.1) is 0 Å². The van der Waals surface area contributed by atoms with Gasteiger partial charge in [0.15, 0.2) is 11.4 Å². The molecule has 1 aliphatic heterocycles. The fourth-order valence-electron chi connectivity index (χ4n) is 7.46. The Balaban J connectivity index is 1.08. The van der Waals surface area contributed by atoms with Gasteiger partial charge in [0.2, 0.25) is 0 Å². The fourth-order valence-corrected chi connectivity index (χ4v) is 8.71. The van der Waals surface area contributed by atoms with Gasteiger partial charge >= 0.3 is 7.82 Å². The lowest BCUT2D eigenvalue weighted by Crippen LogP contribution is -2.26. The number of phosphoric ester groups is 1. The molecule has 0 spiro atoms. The summed E-state index contributed by atoms with van der Waals surface area (Å²) in [6.07, 6.45) is 16.5. The van der Waals surface area contributed by atoms with Gasteiger partial charge in [-0.3, -0.25) is 9.05 Å². The van der Waals surface area contributed by atoms with Gasteiger partial charge in [0, 0.05) is 5.02 Å². The maximum Gasteiger partial charge on any atom is 0.472 e. The highest BCUT2D eigenvalue weighted by atomic mass is 35.5. The molecule has 0 radical (unpaired) electrons. The van der Waals surface area contributed by atoms with Crippen LogP contribution in [-0.2, 0) is 29.7 Å². The van der Waals surface area contributed by atoms with Crippen molar-refractivity contribution < 1.29 is 33.1 Å². The van der Waals surface area contributed by atoms with Gasteiger partial charge < -0.3 is 25.2 Å². The second kappa shape index (κ2) is 20.2. The van der Waals surface area contributed by atoms with Crippen LogP contribution in [0.3, 0.4) is 0 Å². The standard InChI is InChI=1S/C39H54ClN6O7P/c1-2-3-4-5-6-7-8-9-10-11-12-13-14-15-16-17-31(50-24-29-20-28(23-41)21-30(40)22-29)25-51-54(48,49)53-37-34-35(47)36(52-39(34,37)26-42)32-18-19-33-38(43)44-27-45-46(32)33/h18-22,27,31,34-37,47H,2-17,24-25H2,1H3,(H,48,49)(H2,43,44,45)/t31-,34?,35-,36?,37?,39+/m1/s1. The molecule has 2 fully saturated rings. The van der Waals surface area contributed by atoms with E-state index in [2.05, 4.69) is 23.1 Å². The Morgan fingerprint density at radius 1 is 1.02 bits per heavy atom. The molecule has 7 atom stereocenters. The molecular formula is C39H54ClN6O7P. The van der Waals surface area contributed by atoms with Gasteiger partial charge in [0.05, 0.1) is 48.7 Å². The van der Waals surface area contributed by atoms with Crippen molar-refractivity contribution in [2.45, 2.75) is 146 Å². The lowest BCUT2D eigenvalue weighted by molar-refractivity contribution is -0.0561. The molecule has 0 amide bonds. The molecule has 4 N–H and O–H groups in total. The van der Waals surface area contributed by atoms with Crippen LogP contribution >= 0.6 is 19.4 Å². The number of hydrogen-bond acceptors (Lipinski definition) is 11. The molecule has 0 bridgehead atoms. The topological polar surface area (TPSA) is 198 Å². The smallest absolute Gasteiger partial charge is 0.389 e. The van der Waals surface area contributed by atoms with Crippen LogP contribution in [0.5, 0.6) is 0 Å². The summed E-state index contributed by atoms with van der Waals surface area (Å²) in [4.78, 5) is 14.7. The average Bonchev–Trinajstić information content (AvgIpc) is 3.38. The van der Waals surface area contributed by atoms with E-state index in [-0.39, 0.29) is 19.0 Å². The van der Waals surface area contributed by atoms with Crippen molar-refractivity contribution in [3.8, 4) is 12.1 Å². The number of aliphatic hydroxyl groups is 1. The zero-order valence-corrected chi connectivity index (χ0v) is 32.8. The molecule has 294 valence electrons. The summed E-state index contributed by atoms with van der Waals surface area (Å²) >= 11 is 6.19. The van der Waals surface area contributed by atoms with E-state index >= 15 is 0 Å². The Bertz CT molecular complexity index is 1800. The number of aromatic nitrogens is 3. The molecule has 3 aromatic rings. The van der Waals surface area contributed by atoms with Crippen molar-refractivity contribution in [1.29, 1.82) is 10.5 Å². The maximum atomic E-state index is 13.2. The van der Waals surface area contributed by atoms with Gasteiger partial charge in [-0.05, 0) is 42.3 Å². The van der Waals surface area contributed by atoms with E-state index in [4.69, 9.17) is 35.9 Å². The van der Waals surface area contributed by atoms with Crippen LogP contribution in [0.1, 0.15) is 133 Å². The Kier molecular flexibility index (Phi) is 15.7. The first-order valence-corrected chi connectivity index (χ1v) is 21.3. The number of halogens is 1. The fraction of sp³-hybridized carbons (Fsp3) is 0.641. The van der Waals surface area contributed by atoms with Crippen molar-refractivity contribution in [2.24, 2.45) is 5.92 Å². The van der Waals surface area contributed by atoms with E-state index in [0.29, 0.717) is 33.8 Å². The quantitative estimate of drug-likeness (QED) is 0.0548. The Labute approximate surface area is 323 Å². The summed E-state index contributed by atoms with van der Waals surface area (Å²) in [7, 11) is -4.72. The van der Waals surface area contributed by atoms with E-state index in [1.165, 1.54) is 87.9 Å². The van der Waals surface area contributed by atoms with Gasteiger partial charge in [-0.1, -0.05) is 115 Å². The predicted octanol–water partition coefficient (Wildman–Crippen LogP) is 8.51. The monoisotopic (exact) mass is 784 g/mol. The Morgan fingerprint density at radius 3 is 2.28 bits per heavy atom. The summed E-state index contributed by atoms with van der Waals surface area (Å²) in [5.41, 5.74) is 6.35. The van der Waals surface area contributed by atoms with Crippen molar-refractivity contribution in [2.75, 3.05) is 12.3 Å². The molecule has 54 heavy (non-hydrogen) atoms. The molecule has 4 unspecified atom stereocenters. The molecule has 15 heteroatoms. The summed E-state index contributed by atoms with van der Waals surface area (Å²) in [6, 6.07) is 12.4. The number of unbranched alkanes of at least 4 members (excludes halogenated alkanes) is 14. The van der Waals surface area contributed by atoms with Crippen LogP contribution < -0.4 is 5.73 Å². The van der Waals surface area contributed by atoms with Crippen LogP contribution in [0.4, 0.5) is 5.82 Å². The third-order valence-corrected chi connectivity index (χ3v) is 11.7. The number of aliphatic hydroxyl groups excluding tert-OH is 1. The van der Waals surface area contributed by atoms with Gasteiger partial charge in [-0.2, -0.15) is 15.6 Å². The molecule has 1 aliphatic carbocycles. The van der Waals surface area contributed by atoms with Crippen LogP contribution in [0.15, 0.2) is 36.7 Å². The number of fused-ring (bicyclic) bond motifs is 2. The second-order valence-corrected chi connectivity index (χ2v) is 16.4. The van der Waals surface area contributed by atoms with Gasteiger partial charge in [0.1, 0.15) is 30.1 Å². The molecule has 1 saturated heterocycles. The number of hydrogen-bond donors (Lipinski definition) is 3. The third-order valence-electron chi connectivity index (χ3n) is 10.5. The Morgan fingerprint density at radius 2 is 1.67 bits per heavy atom. The first-order chi connectivity index (χ1) is 26.1. The van der Waals surface area contributed by atoms with E-state index in [1.54, 1.807) is 30.3 Å². The highest BCUT2D eigenvalue weighted by molar-refractivity contribution is 7.47. The summed E-state index contributed by atoms with van der Waals surface area (Å²) in [5.74, 6) is -0.657. The molecule has 1 saturated carbocycles. The van der Waals surface area contributed by atoms with E-state index < -0.39 is 43.8 Å². The van der Waals surface area contributed by atoms with Crippen molar-refractivity contribution >= 4 is 30.8 Å². The molecular weight excluding hydrogens is 731 g/mol. The van der Waals surface area contributed by atoms with Crippen molar-refractivity contribution in [3.05, 3.63) is 58.5 Å². The number of anilines is 1. The SMILES string of the molecule is CCCCCCCCCCCCCCCCC[C@H](COP(=O)(O)OC1C2[C@@H](O)C(c3ccc4c(N)ncnn34)O[C@]12C#N)OCc1cc(Cl)cc(C#N)c1. The number of rotatable bonds is 25. The molecule has 1 aromatic carbocycles. The highest BCUT2D eigenvalue weighted by Crippen LogP contribution is 2.65. The summed E-state index contributed by atoms with van der Waals surface area (Å²) < 4.78 is 37.7. The number of nitrogens with zero attached hydrogens (tertiary/aromatic N) is 5. The summed E-state index contributed by atoms with van der Waals surface area (Å²) in [6.45, 7) is 2.12. The van der Waals surface area contributed by atoms with Crippen LogP contribution in [0.25, 0.3) is 5.52 Å².